The first kappa shape index (κ1) is 9.80. The number of hydroxylamine groups is 1. The van der Waals surface area contributed by atoms with E-state index in [1.807, 2.05) is 0 Å². The molecule has 0 aromatic rings. The quantitative estimate of drug-likeness (QED) is 0.519. The van der Waals surface area contributed by atoms with Crippen LogP contribution in [-0.2, 0) is 4.84 Å². The van der Waals surface area contributed by atoms with E-state index in [2.05, 4.69) is 10.3 Å². The first-order valence-electron chi connectivity index (χ1n) is 3.99. The third-order valence-corrected chi connectivity index (χ3v) is 1.69. The lowest BCUT2D eigenvalue weighted by molar-refractivity contribution is -0.189. The Morgan fingerprint density at radius 3 is 2.50 bits per heavy atom. The van der Waals surface area contributed by atoms with Crippen molar-refractivity contribution >= 4 is 0 Å². The second-order valence-electron chi connectivity index (χ2n) is 3.03. The third-order valence-electron chi connectivity index (χ3n) is 1.69. The van der Waals surface area contributed by atoms with E-state index in [0.717, 1.165) is 6.42 Å². The topological polar surface area (TPSA) is 21.3 Å². The Morgan fingerprint density at radius 2 is 2.00 bits per heavy atom. The van der Waals surface area contributed by atoms with Crippen molar-refractivity contribution in [2.45, 2.75) is 25.4 Å². The largest absolute Gasteiger partial charge is 0.413 e. The van der Waals surface area contributed by atoms with E-state index >= 15 is 0 Å². The Morgan fingerprint density at radius 1 is 1.33 bits per heavy atom. The van der Waals surface area contributed by atoms with Crippen LogP contribution in [0, 0.1) is 5.92 Å². The number of rotatable bonds is 5. The van der Waals surface area contributed by atoms with Crippen molar-refractivity contribution in [1.29, 1.82) is 0 Å². The van der Waals surface area contributed by atoms with Gasteiger partial charge in [0.15, 0.2) is 6.61 Å². The molecule has 1 saturated carbocycles. The van der Waals surface area contributed by atoms with Crippen LogP contribution >= 0.6 is 0 Å². The van der Waals surface area contributed by atoms with E-state index in [4.69, 9.17) is 0 Å². The lowest BCUT2D eigenvalue weighted by Crippen LogP contribution is -2.25. The summed E-state index contributed by atoms with van der Waals surface area (Å²) < 4.78 is 34.5. The van der Waals surface area contributed by atoms with Gasteiger partial charge in [-0.1, -0.05) is 12.8 Å². The van der Waals surface area contributed by atoms with Crippen LogP contribution in [0.5, 0.6) is 0 Å². The molecule has 0 saturated heterocycles. The summed E-state index contributed by atoms with van der Waals surface area (Å²) >= 11 is 0. The molecule has 5 heteroatoms. The van der Waals surface area contributed by atoms with Gasteiger partial charge in [-0.15, -0.1) is 0 Å². The van der Waals surface area contributed by atoms with E-state index in [1.165, 1.54) is 12.8 Å². The second-order valence-corrected chi connectivity index (χ2v) is 3.03. The summed E-state index contributed by atoms with van der Waals surface area (Å²) in [6, 6.07) is 0. The predicted molar refractivity (Wildman–Crippen MR) is 37.4 cm³/mol. The SMILES string of the molecule is FC(F)(F)CONCCC1CC1. The van der Waals surface area contributed by atoms with Gasteiger partial charge >= 0.3 is 6.18 Å². The fourth-order valence-electron chi connectivity index (χ4n) is 0.875. The van der Waals surface area contributed by atoms with Gasteiger partial charge in [0.05, 0.1) is 0 Å². The van der Waals surface area contributed by atoms with Crippen molar-refractivity contribution in [3.63, 3.8) is 0 Å². The molecule has 0 aliphatic heterocycles. The van der Waals surface area contributed by atoms with Gasteiger partial charge in [-0.2, -0.15) is 13.2 Å². The monoisotopic (exact) mass is 183 g/mol. The molecule has 1 fully saturated rings. The standard InChI is InChI=1S/C7H12F3NO/c8-7(9,10)5-12-11-4-3-6-1-2-6/h6,11H,1-5H2. The molecule has 0 aromatic carbocycles. The molecule has 1 aliphatic carbocycles. The van der Waals surface area contributed by atoms with Gasteiger partial charge in [-0.25, -0.2) is 5.48 Å². The zero-order chi connectivity index (χ0) is 9.03. The summed E-state index contributed by atoms with van der Waals surface area (Å²) in [5.74, 6) is 0.715. The smallest absolute Gasteiger partial charge is 0.292 e. The van der Waals surface area contributed by atoms with Crippen LogP contribution in [0.25, 0.3) is 0 Å². The van der Waals surface area contributed by atoms with E-state index in [-0.39, 0.29) is 0 Å². The van der Waals surface area contributed by atoms with E-state index in [1.54, 1.807) is 0 Å². The molecule has 2 nitrogen and oxygen atoms in total. The first-order valence-corrected chi connectivity index (χ1v) is 3.99. The van der Waals surface area contributed by atoms with Crippen LogP contribution in [0.1, 0.15) is 19.3 Å². The number of alkyl halides is 3. The minimum Gasteiger partial charge on any atom is -0.292 e. The van der Waals surface area contributed by atoms with Crippen LogP contribution in [0.3, 0.4) is 0 Å². The summed E-state index contributed by atoms with van der Waals surface area (Å²) in [5.41, 5.74) is 2.29. The zero-order valence-corrected chi connectivity index (χ0v) is 6.66. The zero-order valence-electron chi connectivity index (χ0n) is 6.66. The van der Waals surface area contributed by atoms with Crippen LogP contribution in [0.4, 0.5) is 13.2 Å². The lowest BCUT2D eigenvalue weighted by atomic mass is 10.3. The minimum absolute atomic E-state index is 0.515. The fraction of sp³-hybridized carbons (Fsp3) is 1.00. The van der Waals surface area contributed by atoms with Gasteiger partial charge in [0.1, 0.15) is 0 Å². The second kappa shape index (κ2) is 4.09. The molecular formula is C7H12F3NO. The van der Waals surface area contributed by atoms with Crippen LogP contribution in [0.2, 0.25) is 0 Å². The molecule has 0 radical (unpaired) electrons. The number of hydrogen-bond acceptors (Lipinski definition) is 2. The molecule has 0 bridgehead atoms. The molecule has 72 valence electrons. The van der Waals surface area contributed by atoms with Gasteiger partial charge in [-0.05, 0) is 12.3 Å². The fourth-order valence-corrected chi connectivity index (χ4v) is 0.875. The summed E-state index contributed by atoms with van der Waals surface area (Å²) in [4.78, 5) is 4.20. The van der Waals surface area contributed by atoms with Crippen molar-refractivity contribution in [2.75, 3.05) is 13.2 Å². The van der Waals surface area contributed by atoms with Crippen molar-refractivity contribution in [1.82, 2.24) is 5.48 Å². The maximum atomic E-state index is 11.5. The average Bonchev–Trinajstić information content (AvgIpc) is 2.68. The number of halogens is 3. The molecule has 12 heavy (non-hydrogen) atoms. The Kier molecular flexibility index (Phi) is 3.34. The molecule has 1 aliphatic rings. The molecular weight excluding hydrogens is 171 g/mol. The van der Waals surface area contributed by atoms with E-state index in [0.29, 0.717) is 12.5 Å². The maximum Gasteiger partial charge on any atom is 0.413 e. The van der Waals surface area contributed by atoms with Gasteiger partial charge < -0.3 is 0 Å². The Balaban J connectivity index is 1.82. The van der Waals surface area contributed by atoms with Crippen molar-refractivity contribution in [3.8, 4) is 0 Å². The normalized spacial score (nSPS) is 18.2. The first-order chi connectivity index (χ1) is 5.58. The molecule has 0 atom stereocenters. The predicted octanol–water partition coefficient (Wildman–Crippen LogP) is 1.87. The number of nitrogens with one attached hydrogen (secondary N) is 1. The molecule has 0 aromatic heterocycles. The summed E-state index contributed by atoms with van der Waals surface area (Å²) in [6.45, 7) is -0.696. The van der Waals surface area contributed by atoms with Gasteiger partial charge in [0, 0.05) is 6.54 Å². The van der Waals surface area contributed by atoms with E-state index in [9.17, 15) is 13.2 Å². The van der Waals surface area contributed by atoms with Gasteiger partial charge in [-0.3, -0.25) is 4.84 Å². The summed E-state index contributed by atoms with van der Waals surface area (Å²) in [7, 11) is 0. The highest BCUT2D eigenvalue weighted by Gasteiger charge is 2.27. The molecule has 0 spiro atoms. The maximum absolute atomic E-state index is 11.5. The highest BCUT2D eigenvalue weighted by molar-refractivity contribution is 4.72. The average molecular weight is 183 g/mol. The number of hydrogen-bond donors (Lipinski definition) is 1. The van der Waals surface area contributed by atoms with Crippen LogP contribution in [0.15, 0.2) is 0 Å². The molecule has 0 amide bonds. The van der Waals surface area contributed by atoms with Gasteiger partial charge in [0.2, 0.25) is 0 Å². The van der Waals surface area contributed by atoms with Crippen molar-refractivity contribution in [2.24, 2.45) is 5.92 Å². The Bertz CT molecular complexity index is 133. The Labute approximate surface area is 69.0 Å². The van der Waals surface area contributed by atoms with Crippen LogP contribution < -0.4 is 5.48 Å². The summed E-state index contributed by atoms with van der Waals surface area (Å²) in [6.07, 6.45) is -0.896. The molecule has 1 rings (SSSR count). The van der Waals surface area contributed by atoms with E-state index < -0.39 is 12.8 Å². The molecule has 0 unspecified atom stereocenters. The third kappa shape index (κ3) is 5.37. The minimum atomic E-state index is -4.23. The molecule has 0 heterocycles. The Hall–Kier alpha value is -0.290. The van der Waals surface area contributed by atoms with Crippen molar-refractivity contribution in [3.05, 3.63) is 0 Å². The van der Waals surface area contributed by atoms with Gasteiger partial charge in [0.25, 0.3) is 0 Å². The highest BCUT2D eigenvalue weighted by Crippen LogP contribution is 2.31. The summed E-state index contributed by atoms with van der Waals surface area (Å²) in [5, 5.41) is 0. The van der Waals surface area contributed by atoms with Crippen LogP contribution in [-0.4, -0.2) is 19.3 Å². The van der Waals surface area contributed by atoms with Crippen molar-refractivity contribution < 1.29 is 18.0 Å². The lowest BCUT2D eigenvalue weighted by Gasteiger charge is -2.07. The highest BCUT2D eigenvalue weighted by atomic mass is 19.4. The molecule has 1 N–H and O–H groups in total.